The quantitative estimate of drug-likeness (QED) is 0.184. The molecule has 0 saturated carbocycles. The van der Waals surface area contributed by atoms with Gasteiger partial charge < -0.3 is 30.2 Å². The maximum absolute atomic E-state index is 13.6. The minimum absolute atomic E-state index is 0.00908. The Morgan fingerprint density at radius 3 is 2.38 bits per heavy atom. The number of oxazole rings is 1. The molecule has 3 amide bonds. The molecular weight excluding hydrogens is 614 g/mol. The van der Waals surface area contributed by atoms with Crippen molar-refractivity contribution < 1.29 is 33.4 Å². The number of piperidine rings is 1. The van der Waals surface area contributed by atoms with E-state index in [-0.39, 0.29) is 53.7 Å². The number of rotatable bonds is 17. The Kier molecular flexibility index (Phi) is 15.1. The van der Waals surface area contributed by atoms with Gasteiger partial charge in [-0.05, 0) is 56.7 Å². The third-order valence-electron chi connectivity index (χ3n) is 9.42. The van der Waals surface area contributed by atoms with Gasteiger partial charge in [0.1, 0.15) is 18.4 Å². The van der Waals surface area contributed by atoms with Crippen LogP contribution in [0.1, 0.15) is 101 Å². The van der Waals surface area contributed by atoms with Gasteiger partial charge >= 0.3 is 5.97 Å². The van der Waals surface area contributed by atoms with E-state index in [2.05, 4.69) is 20.9 Å². The number of carbonyl (C=O) groups excluding carboxylic acids is 4. The van der Waals surface area contributed by atoms with Crippen LogP contribution in [0.2, 0.25) is 0 Å². The number of likely N-dealkylation sites (tertiary alicyclic amines) is 1. The van der Waals surface area contributed by atoms with Crippen LogP contribution in [0.15, 0.2) is 41.0 Å². The molecule has 12 heteroatoms. The largest absolute Gasteiger partial charge is 0.469 e. The molecule has 0 radical (unpaired) electrons. The van der Waals surface area contributed by atoms with Crippen LogP contribution < -0.4 is 16.0 Å². The van der Waals surface area contributed by atoms with Crippen molar-refractivity contribution in [3.05, 3.63) is 53.7 Å². The number of likely N-dealkylation sites (N-methyl/N-ethyl adjacent to an activating group) is 1. The lowest BCUT2D eigenvalue weighted by Gasteiger charge is -2.34. The molecule has 1 aliphatic rings. The van der Waals surface area contributed by atoms with E-state index in [0.29, 0.717) is 19.3 Å². The molecule has 1 unspecified atom stereocenters. The maximum atomic E-state index is 13.6. The summed E-state index contributed by atoms with van der Waals surface area (Å²) in [6.45, 7) is 10.4. The Bertz CT molecular complexity index is 1330. The zero-order chi connectivity index (χ0) is 35.4. The van der Waals surface area contributed by atoms with Crippen LogP contribution in [-0.4, -0.2) is 83.6 Å². The van der Waals surface area contributed by atoms with Gasteiger partial charge in [-0.1, -0.05) is 77.8 Å². The first-order chi connectivity index (χ1) is 22.8. The van der Waals surface area contributed by atoms with Crippen molar-refractivity contribution in [1.82, 2.24) is 25.8 Å². The van der Waals surface area contributed by atoms with E-state index in [4.69, 9.17) is 9.15 Å². The molecule has 1 aliphatic heterocycles. The summed E-state index contributed by atoms with van der Waals surface area (Å²) in [5.41, 5.74) is 0.986. The highest BCUT2D eigenvalue weighted by Crippen LogP contribution is 2.23. The van der Waals surface area contributed by atoms with E-state index in [1.165, 1.54) is 13.4 Å². The van der Waals surface area contributed by atoms with E-state index in [1.807, 2.05) is 70.0 Å². The minimum atomic E-state index is -1.20. The molecule has 48 heavy (non-hydrogen) atoms. The topological polar surface area (TPSA) is 163 Å². The van der Waals surface area contributed by atoms with Crippen LogP contribution >= 0.6 is 0 Å². The predicted molar refractivity (Wildman–Crippen MR) is 182 cm³/mol. The van der Waals surface area contributed by atoms with Crippen molar-refractivity contribution in [3.63, 3.8) is 0 Å². The molecule has 0 aliphatic carbocycles. The third kappa shape index (κ3) is 11.2. The van der Waals surface area contributed by atoms with Crippen LogP contribution in [0, 0.1) is 17.8 Å². The van der Waals surface area contributed by atoms with Gasteiger partial charge in [-0.3, -0.25) is 24.1 Å². The summed E-state index contributed by atoms with van der Waals surface area (Å²) in [6.07, 6.45) is 4.40. The molecule has 7 atom stereocenters. The summed E-state index contributed by atoms with van der Waals surface area (Å²) < 4.78 is 10.4. The van der Waals surface area contributed by atoms with Crippen molar-refractivity contribution in [3.8, 4) is 0 Å². The molecule has 4 N–H and O–H groups in total. The fourth-order valence-corrected chi connectivity index (χ4v) is 6.09. The average Bonchev–Trinajstić information content (AvgIpc) is 3.57. The van der Waals surface area contributed by atoms with Gasteiger partial charge in [0.15, 0.2) is 5.69 Å². The fourth-order valence-electron chi connectivity index (χ4n) is 6.09. The van der Waals surface area contributed by atoms with E-state index in [0.717, 1.165) is 31.4 Å². The zero-order valence-corrected chi connectivity index (χ0v) is 29.5. The SMILES string of the molecule is CC[C@H](C)[C@H](NC(=O)C1CCCCN1C)C(=O)N[C@H](C[C@@H](O)c1nc(C(=O)N[C@@H](Cc2ccccc2)C[C@H](C)C(=O)OC)co1)C(C)C. The summed E-state index contributed by atoms with van der Waals surface area (Å²) in [7, 11) is 3.27. The van der Waals surface area contributed by atoms with Gasteiger partial charge in [0.05, 0.1) is 19.1 Å². The number of hydrogen-bond donors (Lipinski definition) is 4. The molecule has 1 saturated heterocycles. The van der Waals surface area contributed by atoms with Crippen LogP contribution in [-0.2, 0) is 25.5 Å². The van der Waals surface area contributed by atoms with Gasteiger partial charge in [-0.25, -0.2) is 4.98 Å². The third-order valence-corrected chi connectivity index (χ3v) is 9.42. The number of benzene rings is 1. The van der Waals surface area contributed by atoms with Gasteiger partial charge in [-0.15, -0.1) is 0 Å². The second-order valence-corrected chi connectivity index (χ2v) is 13.6. The number of aromatic nitrogens is 1. The maximum Gasteiger partial charge on any atom is 0.308 e. The van der Waals surface area contributed by atoms with Crippen molar-refractivity contribution in [2.24, 2.45) is 17.8 Å². The number of nitrogens with zero attached hydrogens (tertiary/aromatic N) is 2. The zero-order valence-electron chi connectivity index (χ0n) is 29.5. The van der Waals surface area contributed by atoms with Crippen molar-refractivity contribution in [1.29, 1.82) is 0 Å². The molecule has 0 spiro atoms. The lowest BCUT2D eigenvalue weighted by Crippen LogP contribution is -2.57. The van der Waals surface area contributed by atoms with E-state index < -0.39 is 36.1 Å². The number of amides is 3. The molecule has 3 rings (SSSR count). The molecule has 1 aromatic carbocycles. The molecule has 2 aromatic rings. The predicted octanol–water partition coefficient (Wildman–Crippen LogP) is 3.79. The summed E-state index contributed by atoms with van der Waals surface area (Å²) in [5.74, 6) is -1.96. The number of nitrogens with one attached hydrogen (secondary N) is 3. The lowest BCUT2D eigenvalue weighted by atomic mass is 9.94. The molecule has 1 aromatic heterocycles. The molecule has 0 bridgehead atoms. The number of esters is 1. The number of methoxy groups -OCH3 is 1. The van der Waals surface area contributed by atoms with Gasteiger partial charge in [0.2, 0.25) is 17.7 Å². The van der Waals surface area contributed by atoms with E-state index in [9.17, 15) is 24.3 Å². The standard InChI is InChI=1S/C36H55N5O7/c1-8-23(4)31(40-33(44)29-16-12-13-17-41(29)6)34(45)38-27(22(2)3)20-30(42)35-39-28(21-48-35)32(43)37-26(18-24(5)36(46)47-7)19-25-14-10-9-11-15-25/h9-11,14-15,21-24,26-27,29-31,42H,8,12-13,16-20H2,1-7H3,(H,37,43)(H,38,45)(H,40,44)/t23-,24-,26+,27+,29?,30+,31-/m0/s1. The Labute approximate surface area is 284 Å². The number of aliphatic hydroxyl groups excluding tert-OH is 1. The molecular formula is C36H55N5O7. The first-order valence-electron chi connectivity index (χ1n) is 17.2. The lowest BCUT2D eigenvalue weighted by molar-refractivity contribution is -0.145. The van der Waals surface area contributed by atoms with Gasteiger partial charge in [0.25, 0.3) is 5.91 Å². The molecule has 12 nitrogen and oxygen atoms in total. The second-order valence-electron chi connectivity index (χ2n) is 13.6. The highest BCUT2D eigenvalue weighted by atomic mass is 16.5. The fraction of sp³-hybridized carbons (Fsp3) is 0.639. The summed E-state index contributed by atoms with van der Waals surface area (Å²) in [4.78, 5) is 58.5. The highest BCUT2D eigenvalue weighted by Gasteiger charge is 2.34. The summed E-state index contributed by atoms with van der Waals surface area (Å²) >= 11 is 0. The van der Waals surface area contributed by atoms with Gasteiger partial charge in [0, 0.05) is 18.5 Å². The highest BCUT2D eigenvalue weighted by molar-refractivity contribution is 5.92. The monoisotopic (exact) mass is 669 g/mol. The first kappa shape index (κ1) is 38.7. The smallest absolute Gasteiger partial charge is 0.308 e. The van der Waals surface area contributed by atoms with Crippen LogP contribution in [0.3, 0.4) is 0 Å². The number of hydrogen-bond acceptors (Lipinski definition) is 9. The Hall–Kier alpha value is -3.77. The second kappa shape index (κ2) is 18.7. The van der Waals surface area contributed by atoms with Crippen LogP contribution in [0.5, 0.6) is 0 Å². The van der Waals surface area contributed by atoms with Gasteiger partial charge in [-0.2, -0.15) is 0 Å². The molecule has 266 valence electrons. The van der Waals surface area contributed by atoms with Crippen LogP contribution in [0.25, 0.3) is 0 Å². The van der Waals surface area contributed by atoms with Crippen molar-refractivity contribution in [2.45, 2.75) is 110 Å². The minimum Gasteiger partial charge on any atom is -0.469 e. The number of ether oxygens (including phenoxy) is 1. The van der Waals surface area contributed by atoms with Crippen molar-refractivity contribution in [2.75, 3.05) is 20.7 Å². The van der Waals surface area contributed by atoms with E-state index in [1.54, 1.807) is 6.92 Å². The number of aliphatic hydroxyl groups is 1. The molecule has 2 heterocycles. The van der Waals surface area contributed by atoms with E-state index >= 15 is 0 Å². The Morgan fingerprint density at radius 1 is 1.04 bits per heavy atom. The first-order valence-corrected chi connectivity index (χ1v) is 17.2. The summed E-state index contributed by atoms with van der Waals surface area (Å²) in [5, 5.41) is 20.1. The number of carbonyl (C=O) groups is 4. The average molecular weight is 670 g/mol. The normalized spacial score (nSPS) is 19.0. The van der Waals surface area contributed by atoms with Crippen LogP contribution in [0.4, 0.5) is 0 Å². The summed E-state index contributed by atoms with van der Waals surface area (Å²) in [6, 6.07) is 7.78. The van der Waals surface area contributed by atoms with Crippen molar-refractivity contribution >= 4 is 23.7 Å². The molecule has 1 fully saturated rings. The Balaban J connectivity index is 1.67. The Morgan fingerprint density at radius 2 is 1.75 bits per heavy atom.